The molecule has 0 radical (unpaired) electrons. The van der Waals surface area contributed by atoms with Gasteiger partial charge in [-0.3, -0.25) is 24.1 Å². The molecule has 27 heavy (non-hydrogen) atoms. The Balaban J connectivity index is 1.55. The molecule has 1 heterocycles. The summed E-state index contributed by atoms with van der Waals surface area (Å²) in [6, 6.07) is 10.9. The van der Waals surface area contributed by atoms with Gasteiger partial charge in [0.15, 0.2) is 6.61 Å². The summed E-state index contributed by atoms with van der Waals surface area (Å²) in [4.78, 5) is 49.0. The van der Waals surface area contributed by atoms with Crippen molar-refractivity contribution in [3.05, 3.63) is 63.6 Å². The van der Waals surface area contributed by atoms with Crippen molar-refractivity contribution < 1.29 is 23.9 Å². The molecule has 138 valence electrons. The molecule has 3 rings (SSSR count). The van der Waals surface area contributed by atoms with Gasteiger partial charge in [-0.25, -0.2) is 0 Å². The second-order valence-electron chi connectivity index (χ2n) is 5.55. The van der Waals surface area contributed by atoms with Crippen LogP contribution in [0.2, 0.25) is 10.0 Å². The first-order valence-electron chi connectivity index (χ1n) is 7.73. The minimum atomic E-state index is -0.892. The Labute approximate surface area is 163 Å². The fourth-order valence-corrected chi connectivity index (χ4v) is 2.84. The number of nitrogens with one attached hydrogen (secondary N) is 1. The zero-order chi connectivity index (χ0) is 19.6. The summed E-state index contributed by atoms with van der Waals surface area (Å²) in [5.41, 5.74) is 0.720. The number of hydrogen-bond acceptors (Lipinski definition) is 5. The van der Waals surface area contributed by atoms with Crippen LogP contribution in [0.4, 0.5) is 5.69 Å². The second kappa shape index (κ2) is 7.77. The van der Waals surface area contributed by atoms with Crippen LogP contribution in [0.5, 0.6) is 0 Å². The highest BCUT2D eigenvalue weighted by Crippen LogP contribution is 2.29. The minimum Gasteiger partial charge on any atom is -0.454 e. The van der Waals surface area contributed by atoms with E-state index in [1.807, 2.05) is 0 Å². The molecule has 0 saturated heterocycles. The number of amides is 3. The van der Waals surface area contributed by atoms with Crippen molar-refractivity contribution in [2.24, 2.45) is 0 Å². The number of anilines is 1. The highest BCUT2D eigenvalue weighted by molar-refractivity contribution is 6.44. The Morgan fingerprint density at radius 3 is 2.22 bits per heavy atom. The van der Waals surface area contributed by atoms with Crippen molar-refractivity contribution in [1.29, 1.82) is 0 Å². The molecular weight excluding hydrogens is 395 g/mol. The lowest BCUT2D eigenvalue weighted by molar-refractivity contribution is -0.147. The molecular formula is C18H12Cl2N2O5. The van der Waals surface area contributed by atoms with Crippen molar-refractivity contribution in [3.63, 3.8) is 0 Å². The summed E-state index contributed by atoms with van der Waals surface area (Å²) in [7, 11) is 0. The van der Waals surface area contributed by atoms with Crippen LogP contribution in [0.3, 0.4) is 0 Å². The molecule has 1 aliphatic heterocycles. The number of esters is 1. The van der Waals surface area contributed by atoms with Crippen LogP contribution in [0.25, 0.3) is 0 Å². The average molecular weight is 407 g/mol. The number of imide groups is 1. The smallest absolute Gasteiger partial charge is 0.326 e. The van der Waals surface area contributed by atoms with E-state index in [1.54, 1.807) is 24.3 Å². The first-order valence-corrected chi connectivity index (χ1v) is 8.49. The first kappa shape index (κ1) is 18.9. The number of carbonyl (C=O) groups excluding carboxylic acids is 4. The van der Waals surface area contributed by atoms with Crippen molar-refractivity contribution in [2.45, 2.75) is 0 Å². The van der Waals surface area contributed by atoms with E-state index in [0.29, 0.717) is 0 Å². The molecule has 1 aliphatic rings. The van der Waals surface area contributed by atoms with E-state index in [2.05, 4.69) is 5.32 Å². The Morgan fingerprint density at radius 1 is 0.963 bits per heavy atom. The van der Waals surface area contributed by atoms with E-state index in [0.717, 1.165) is 4.90 Å². The molecule has 7 nitrogen and oxygen atoms in total. The molecule has 0 unspecified atom stereocenters. The van der Waals surface area contributed by atoms with E-state index >= 15 is 0 Å². The third kappa shape index (κ3) is 3.94. The Hall–Kier alpha value is -2.90. The zero-order valence-electron chi connectivity index (χ0n) is 13.7. The van der Waals surface area contributed by atoms with Crippen molar-refractivity contribution in [3.8, 4) is 0 Å². The predicted molar refractivity (Wildman–Crippen MR) is 97.9 cm³/mol. The second-order valence-corrected chi connectivity index (χ2v) is 6.34. The quantitative estimate of drug-likeness (QED) is 0.608. The molecule has 0 saturated carbocycles. The Kier molecular flexibility index (Phi) is 5.43. The molecule has 0 bridgehead atoms. The molecule has 0 aliphatic carbocycles. The summed E-state index contributed by atoms with van der Waals surface area (Å²) >= 11 is 11.8. The molecule has 2 aromatic carbocycles. The van der Waals surface area contributed by atoms with E-state index in [9.17, 15) is 19.2 Å². The Bertz CT molecular complexity index is 926. The maximum Gasteiger partial charge on any atom is 0.326 e. The highest BCUT2D eigenvalue weighted by Gasteiger charge is 2.36. The van der Waals surface area contributed by atoms with Gasteiger partial charge < -0.3 is 10.1 Å². The van der Waals surface area contributed by atoms with Gasteiger partial charge in [-0.2, -0.15) is 0 Å². The van der Waals surface area contributed by atoms with E-state index in [-0.39, 0.29) is 26.9 Å². The SMILES string of the molecule is O=C(COC(=O)CN1C(=O)c2ccccc2C1=O)Nc1cccc(Cl)c1Cl. The summed E-state index contributed by atoms with van der Waals surface area (Å²) < 4.78 is 4.83. The van der Waals surface area contributed by atoms with Gasteiger partial charge in [-0.05, 0) is 24.3 Å². The van der Waals surface area contributed by atoms with E-state index in [1.165, 1.54) is 18.2 Å². The lowest BCUT2D eigenvalue weighted by atomic mass is 10.1. The van der Waals surface area contributed by atoms with E-state index in [4.69, 9.17) is 27.9 Å². The molecule has 0 fully saturated rings. The van der Waals surface area contributed by atoms with Gasteiger partial charge in [-0.15, -0.1) is 0 Å². The fourth-order valence-electron chi connectivity index (χ4n) is 2.49. The van der Waals surface area contributed by atoms with Crippen LogP contribution in [0, 0.1) is 0 Å². The van der Waals surface area contributed by atoms with Crippen molar-refractivity contribution in [1.82, 2.24) is 4.90 Å². The number of hydrogen-bond donors (Lipinski definition) is 1. The van der Waals surface area contributed by atoms with Crippen molar-refractivity contribution in [2.75, 3.05) is 18.5 Å². The molecule has 0 aromatic heterocycles. The van der Waals surface area contributed by atoms with Gasteiger partial charge in [0, 0.05) is 0 Å². The summed E-state index contributed by atoms with van der Waals surface area (Å²) in [5, 5.41) is 2.87. The van der Waals surface area contributed by atoms with Crippen LogP contribution < -0.4 is 5.32 Å². The maximum atomic E-state index is 12.2. The van der Waals surface area contributed by atoms with Crippen molar-refractivity contribution >= 4 is 52.6 Å². The summed E-state index contributed by atoms with van der Waals surface area (Å²) in [6.45, 7) is -1.19. The number of carbonyl (C=O) groups is 4. The normalized spacial score (nSPS) is 12.7. The van der Waals surface area contributed by atoms with Gasteiger partial charge >= 0.3 is 5.97 Å². The van der Waals surface area contributed by atoms with Gasteiger partial charge in [0.1, 0.15) is 6.54 Å². The van der Waals surface area contributed by atoms with Gasteiger partial charge in [-0.1, -0.05) is 41.4 Å². The molecule has 0 spiro atoms. The first-order chi connectivity index (χ1) is 12.9. The van der Waals surface area contributed by atoms with Crippen LogP contribution in [0.1, 0.15) is 20.7 Å². The van der Waals surface area contributed by atoms with Gasteiger partial charge in [0.05, 0.1) is 26.9 Å². The van der Waals surface area contributed by atoms with Crippen LogP contribution in [-0.4, -0.2) is 41.7 Å². The van der Waals surface area contributed by atoms with Gasteiger partial charge in [0.25, 0.3) is 17.7 Å². The van der Waals surface area contributed by atoms with Crippen LogP contribution in [-0.2, 0) is 14.3 Å². The number of rotatable bonds is 5. The highest BCUT2D eigenvalue weighted by atomic mass is 35.5. The van der Waals surface area contributed by atoms with Gasteiger partial charge in [0.2, 0.25) is 0 Å². The summed E-state index contributed by atoms with van der Waals surface area (Å²) in [6.07, 6.45) is 0. The number of halogens is 2. The summed E-state index contributed by atoms with van der Waals surface area (Å²) in [5.74, 6) is -2.70. The monoisotopic (exact) mass is 406 g/mol. The largest absolute Gasteiger partial charge is 0.454 e. The third-order valence-electron chi connectivity index (χ3n) is 3.76. The topological polar surface area (TPSA) is 92.8 Å². The predicted octanol–water partition coefficient (Wildman–Crippen LogP) is 2.77. The Morgan fingerprint density at radius 2 is 1.59 bits per heavy atom. The van der Waals surface area contributed by atoms with E-state index < -0.39 is 36.8 Å². The molecule has 1 N–H and O–H groups in total. The van der Waals surface area contributed by atoms with Crippen LogP contribution >= 0.6 is 23.2 Å². The zero-order valence-corrected chi connectivity index (χ0v) is 15.2. The fraction of sp³-hybridized carbons (Fsp3) is 0.111. The average Bonchev–Trinajstić information content (AvgIpc) is 2.89. The number of nitrogens with zero attached hydrogens (tertiary/aromatic N) is 1. The van der Waals surface area contributed by atoms with Crippen LogP contribution in [0.15, 0.2) is 42.5 Å². The molecule has 2 aromatic rings. The molecule has 0 atom stereocenters. The maximum absolute atomic E-state index is 12.2. The lowest BCUT2D eigenvalue weighted by Gasteiger charge is -2.13. The molecule has 3 amide bonds. The lowest BCUT2D eigenvalue weighted by Crippen LogP contribution is -2.36. The number of fused-ring (bicyclic) bond motifs is 1. The minimum absolute atomic E-state index is 0.157. The number of ether oxygens (including phenoxy) is 1. The standard InChI is InChI=1S/C18H12Cl2N2O5/c19-12-6-3-7-13(16(12)20)21-14(23)9-27-15(24)8-22-17(25)10-4-1-2-5-11(10)18(22)26/h1-7H,8-9H2,(H,21,23). The molecule has 9 heteroatoms. The third-order valence-corrected chi connectivity index (χ3v) is 4.57. The number of benzene rings is 2.